The van der Waals surface area contributed by atoms with E-state index in [1.807, 2.05) is 7.05 Å². The van der Waals surface area contributed by atoms with Crippen molar-refractivity contribution in [2.24, 2.45) is 11.8 Å². The van der Waals surface area contributed by atoms with E-state index in [0.717, 1.165) is 25.2 Å². The first kappa shape index (κ1) is 18.1. The molecular formula is C18H33ClN2O. The number of nitrogens with zero attached hydrogens (tertiary/aromatic N) is 1. The molecule has 3 aliphatic rings. The fourth-order valence-electron chi connectivity index (χ4n) is 4.84. The van der Waals surface area contributed by atoms with Crippen molar-refractivity contribution in [1.82, 2.24) is 10.2 Å². The van der Waals surface area contributed by atoms with Gasteiger partial charge in [-0.1, -0.05) is 39.0 Å². The smallest absolute Gasteiger partial charge is 0.222 e. The number of rotatable bonds is 4. The monoisotopic (exact) mass is 328 g/mol. The van der Waals surface area contributed by atoms with Crippen LogP contribution >= 0.6 is 12.4 Å². The van der Waals surface area contributed by atoms with E-state index in [0.29, 0.717) is 30.0 Å². The molecule has 2 bridgehead atoms. The van der Waals surface area contributed by atoms with Crippen LogP contribution in [0.3, 0.4) is 0 Å². The van der Waals surface area contributed by atoms with E-state index in [1.165, 1.54) is 44.9 Å². The quantitative estimate of drug-likeness (QED) is 0.852. The molecule has 0 aromatic carbocycles. The first-order valence-electron chi connectivity index (χ1n) is 9.15. The third kappa shape index (κ3) is 4.17. The number of hydrogen-bond acceptors (Lipinski definition) is 2. The highest BCUT2D eigenvalue weighted by Crippen LogP contribution is 2.33. The summed E-state index contributed by atoms with van der Waals surface area (Å²) in [5.74, 6) is 1.75. The Balaban J connectivity index is 0.00000176. The number of carbonyl (C=O) groups is 1. The summed E-state index contributed by atoms with van der Waals surface area (Å²) in [5, 5.41) is 3.67. The maximum atomic E-state index is 12.6. The van der Waals surface area contributed by atoms with Crippen LogP contribution in [0, 0.1) is 11.8 Å². The molecule has 0 aromatic rings. The summed E-state index contributed by atoms with van der Waals surface area (Å²) in [6.07, 6.45) is 12.5. The van der Waals surface area contributed by atoms with Gasteiger partial charge in [-0.05, 0) is 37.5 Å². The van der Waals surface area contributed by atoms with E-state index in [1.54, 1.807) is 0 Å². The van der Waals surface area contributed by atoms with E-state index in [-0.39, 0.29) is 12.4 Å². The predicted molar refractivity (Wildman–Crippen MR) is 93.3 cm³/mol. The maximum absolute atomic E-state index is 12.6. The van der Waals surface area contributed by atoms with Gasteiger partial charge in [0, 0.05) is 31.6 Å². The fraction of sp³-hybridized carbons (Fsp3) is 0.944. The van der Waals surface area contributed by atoms with Crippen molar-refractivity contribution in [3.8, 4) is 0 Å². The Kier molecular flexibility index (Phi) is 6.58. The van der Waals surface area contributed by atoms with Gasteiger partial charge in [-0.25, -0.2) is 0 Å². The van der Waals surface area contributed by atoms with E-state index >= 15 is 0 Å². The molecule has 2 aliphatic heterocycles. The Morgan fingerprint density at radius 2 is 1.68 bits per heavy atom. The maximum Gasteiger partial charge on any atom is 0.222 e. The summed E-state index contributed by atoms with van der Waals surface area (Å²) in [6.45, 7) is 2.30. The highest BCUT2D eigenvalue weighted by molar-refractivity contribution is 5.85. The molecule has 0 spiro atoms. The van der Waals surface area contributed by atoms with Gasteiger partial charge in [0.2, 0.25) is 5.91 Å². The van der Waals surface area contributed by atoms with E-state index in [2.05, 4.69) is 17.1 Å². The van der Waals surface area contributed by atoms with Crippen LogP contribution in [0.15, 0.2) is 0 Å². The molecule has 3 unspecified atom stereocenters. The minimum absolute atomic E-state index is 0. The van der Waals surface area contributed by atoms with Gasteiger partial charge in [-0.2, -0.15) is 0 Å². The molecule has 3 atom stereocenters. The van der Waals surface area contributed by atoms with E-state index in [9.17, 15) is 4.79 Å². The zero-order valence-electron chi connectivity index (χ0n) is 14.2. The lowest BCUT2D eigenvalue weighted by atomic mass is 9.79. The summed E-state index contributed by atoms with van der Waals surface area (Å²) in [6, 6.07) is 1.81. The number of fused-ring (bicyclic) bond motifs is 2. The molecule has 2 heterocycles. The normalized spacial score (nSPS) is 33.1. The molecule has 3 rings (SSSR count). The molecule has 3 nitrogen and oxygen atoms in total. The second kappa shape index (κ2) is 8.01. The molecule has 1 N–H and O–H groups in total. The van der Waals surface area contributed by atoms with E-state index < -0.39 is 0 Å². The van der Waals surface area contributed by atoms with Crippen molar-refractivity contribution in [2.45, 2.75) is 89.3 Å². The van der Waals surface area contributed by atoms with Crippen LogP contribution in [0.4, 0.5) is 0 Å². The Labute approximate surface area is 142 Å². The summed E-state index contributed by atoms with van der Waals surface area (Å²) in [4.78, 5) is 14.7. The summed E-state index contributed by atoms with van der Waals surface area (Å²) < 4.78 is 0. The zero-order valence-corrected chi connectivity index (χ0v) is 15.0. The standard InChI is InChI=1S/C18H32N2O.ClH/c1-13(14-6-4-3-5-7-14)10-18(21)20(2)17-11-15-8-9-16(12-17)19-15;/h13-17,19H,3-12H2,1-2H3;1H. The topological polar surface area (TPSA) is 32.3 Å². The lowest BCUT2D eigenvalue weighted by molar-refractivity contribution is -0.134. The van der Waals surface area contributed by atoms with Crippen molar-refractivity contribution in [3.63, 3.8) is 0 Å². The SMILES string of the molecule is CC(CC(=O)N(C)C1CC2CCC(C1)N2)C1CCCCC1.Cl. The lowest BCUT2D eigenvalue weighted by Gasteiger charge is -2.36. The lowest BCUT2D eigenvalue weighted by Crippen LogP contribution is -2.49. The van der Waals surface area contributed by atoms with Gasteiger partial charge in [0.15, 0.2) is 0 Å². The van der Waals surface area contributed by atoms with Crippen LogP contribution in [0.25, 0.3) is 0 Å². The van der Waals surface area contributed by atoms with Gasteiger partial charge < -0.3 is 10.2 Å². The highest BCUT2D eigenvalue weighted by atomic mass is 35.5. The van der Waals surface area contributed by atoms with Gasteiger partial charge in [0.25, 0.3) is 0 Å². The van der Waals surface area contributed by atoms with Crippen LogP contribution < -0.4 is 5.32 Å². The Hall–Kier alpha value is -0.280. The molecule has 128 valence electrons. The molecule has 1 aliphatic carbocycles. The number of hydrogen-bond donors (Lipinski definition) is 1. The summed E-state index contributed by atoms with van der Waals surface area (Å²) >= 11 is 0. The minimum atomic E-state index is 0. The van der Waals surface area contributed by atoms with Crippen molar-refractivity contribution in [1.29, 1.82) is 0 Å². The fourth-order valence-corrected chi connectivity index (χ4v) is 4.84. The van der Waals surface area contributed by atoms with Crippen LogP contribution in [-0.2, 0) is 4.79 Å². The van der Waals surface area contributed by atoms with Crippen molar-refractivity contribution in [3.05, 3.63) is 0 Å². The molecule has 4 heteroatoms. The molecular weight excluding hydrogens is 296 g/mol. The number of amides is 1. The van der Waals surface area contributed by atoms with Gasteiger partial charge in [0.1, 0.15) is 0 Å². The minimum Gasteiger partial charge on any atom is -0.343 e. The van der Waals surface area contributed by atoms with Crippen molar-refractivity contribution < 1.29 is 4.79 Å². The molecule has 3 fully saturated rings. The number of carbonyl (C=O) groups excluding carboxylic acids is 1. The molecule has 0 radical (unpaired) electrons. The average molecular weight is 329 g/mol. The first-order valence-corrected chi connectivity index (χ1v) is 9.15. The summed E-state index contributed by atoms with van der Waals surface area (Å²) in [5.41, 5.74) is 0. The van der Waals surface area contributed by atoms with Gasteiger partial charge >= 0.3 is 0 Å². The molecule has 22 heavy (non-hydrogen) atoms. The van der Waals surface area contributed by atoms with Crippen LogP contribution in [0.1, 0.15) is 71.1 Å². The zero-order chi connectivity index (χ0) is 14.8. The van der Waals surface area contributed by atoms with Crippen LogP contribution in [0.2, 0.25) is 0 Å². The Bertz CT molecular complexity index is 358. The van der Waals surface area contributed by atoms with Gasteiger partial charge in [0.05, 0.1) is 0 Å². The van der Waals surface area contributed by atoms with Crippen LogP contribution in [-0.4, -0.2) is 36.0 Å². The number of halogens is 1. The molecule has 2 saturated heterocycles. The third-order valence-corrected chi connectivity index (χ3v) is 6.34. The van der Waals surface area contributed by atoms with Crippen molar-refractivity contribution in [2.75, 3.05) is 7.05 Å². The Morgan fingerprint density at radius 3 is 2.27 bits per heavy atom. The van der Waals surface area contributed by atoms with Gasteiger partial charge in [-0.3, -0.25) is 4.79 Å². The first-order chi connectivity index (χ1) is 10.1. The van der Waals surface area contributed by atoms with Crippen LogP contribution in [0.5, 0.6) is 0 Å². The second-order valence-electron chi connectivity index (χ2n) is 7.85. The number of nitrogens with one attached hydrogen (secondary N) is 1. The molecule has 1 amide bonds. The van der Waals surface area contributed by atoms with Crippen molar-refractivity contribution >= 4 is 18.3 Å². The summed E-state index contributed by atoms with van der Waals surface area (Å²) in [7, 11) is 2.05. The Morgan fingerprint density at radius 1 is 1.09 bits per heavy atom. The van der Waals surface area contributed by atoms with Gasteiger partial charge in [-0.15, -0.1) is 12.4 Å². The average Bonchev–Trinajstić information content (AvgIpc) is 2.85. The molecule has 1 saturated carbocycles. The highest BCUT2D eigenvalue weighted by Gasteiger charge is 2.36. The third-order valence-electron chi connectivity index (χ3n) is 6.34. The molecule has 0 aromatic heterocycles. The largest absolute Gasteiger partial charge is 0.343 e. The van der Waals surface area contributed by atoms with E-state index in [4.69, 9.17) is 0 Å². The number of piperidine rings is 1. The second-order valence-corrected chi connectivity index (χ2v) is 7.85. The predicted octanol–water partition coefficient (Wildman–Crippen LogP) is 3.76.